The molecule has 6 heteroatoms. The van der Waals surface area contributed by atoms with Gasteiger partial charge < -0.3 is 5.32 Å². The van der Waals surface area contributed by atoms with E-state index in [9.17, 15) is 14.9 Å². The lowest BCUT2D eigenvalue weighted by Gasteiger charge is -2.06. The Kier molecular flexibility index (Phi) is 3.91. The lowest BCUT2D eigenvalue weighted by molar-refractivity contribution is -0.383. The SMILES string of the molecule is O=C(Nc1cc(Br)ccc1[N+](=O)[O-])c1ccccc1. The first kappa shape index (κ1) is 13.2. The van der Waals surface area contributed by atoms with Gasteiger partial charge in [0.25, 0.3) is 11.6 Å². The zero-order valence-corrected chi connectivity index (χ0v) is 11.3. The Bertz CT molecular complexity index is 629. The van der Waals surface area contributed by atoms with E-state index in [0.717, 1.165) is 0 Å². The summed E-state index contributed by atoms with van der Waals surface area (Å²) in [5.41, 5.74) is 0.456. The Morgan fingerprint density at radius 2 is 1.84 bits per heavy atom. The number of hydrogen-bond acceptors (Lipinski definition) is 3. The number of halogens is 1. The van der Waals surface area contributed by atoms with Crippen LogP contribution in [0.15, 0.2) is 53.0 Å². The van der Waals surface area contributed by atoms with E-state index in [1.807, 2.05) is 0 Å². The molecule has 0 bridgehead atoms. The zero-order chi connectivity index (χ0) is 13.8. The predicted octanol–water partition coefficient (Wildman–Crippen LogP) is 3.61. The molecule has 1 N–H and O–H groups in total. The van der Waals surface area contributed by atoms with Gasteiger partial charge in [0.05, 0.1) is 4.92 Å². The van der Waals surface area contributed by atoms with Crippen LogP contribution in [0.2, 0.25) is 0 Å². The van der Waals surface area contributed by atoms with Crippen molar-refractivity contribution in [3.63, 3.8) is 0 Å². The molecule has 0 saturated carbocycles. The van der Waals surface area contributed by atoms with Gasteiger partial charge in [-0.15, -0.1) is 0 Å². The molecule has 0 radical (unpaired) electrons. The van der Waals surface area contributed by atoms with Gasteiger partial charge in [-0.3, -0.25) is 14.9 Å². The number of carbonyl (C=O) groups excluding carboxylic acids is 1. The highest BCUT2D eigenvalue weighted by Crippen LogP contribution is 2.28. The van der Waals surface area contributed by atoms with E-state index >= 15 is 0 Å². The third-order valence-electron chi connectivity index (χ3n) is 2.44. The molecule has 19 heavy (non-hydrogen) atoms. The van der Waals surface area contributed by atoms with Crippen LogP contribution in [0, 0.1) is 10.1 Å². The molecule has 96 valence electrons. The van der Waals surface area contributed by atoms with Crippen LogP contribution in [-0.2, 0) is 0 Å². The summed E-state index contributed by atoms with van der Waals surface area (Å²) < 4.78 is 0.654. The van der Waals surface area contributed by atoms with Gasteiger partial charge in [0.2, 0.25) is 0 Å². The monoisotopic (exact) mass is 320 g/mol. The molecule has 0 atom stereocenters. The third-order valence-corrected chi connectivity index (χ3v) is 2.93. The largest absolute Gasteiger partial charge is 0.316 e. The number of nitrogens with zero attached hydrogens (tertiary/aromatic N) is 1. The number of rotatable bonds is 3. The second-order valence-corrected chi connectivity index (χ2v) is 4.65. The number of benzene rings is 2. The molecule has 5 nitrogen and oxygen atoms in total. The van der Waals surface area contributed by atoms with E-state index in [4.69, 9.17) is 0 Å². The van der Waals surface area contributed by atoms with Gasteiger partial charge in [0, 0.05) is 16.1 Å². The van der Waals surface area contributed by atoms with Gasteiger partial charge in [-0.25, -0.2) is 0 Å². The van der Waals surface area contributed by atoms with E-state index in [1.165, 1.54) is 12.1 Å². The van der Waals surface area contributed by atoms with Crippen molar-refractivity contribution in [3.8, 4) is 0 Å². The van der Waals surface area contributed by atoms with Crippen LogP contribution in [0.4, 0.5) is 11.4 Å². The van der Waals surface area contributed by atoms with Gasteiger partial charge in [-0.1, -0.05) is 34.1 Å². The molecule has 2 rings (SSSR count). The fourth-order valence-electron chi connectivity index (χ4n) is 1.55. The summed E-state index contributed by atoms with van der Waals surface area (Å²) in [4.78, 5) is 22.3. The van der Waals surface area contributed by atoms with E-state index < -0.39 is 4.92 Å². The highest BCUT2D eigenvalue weighted by Gasteiger charge is 2.16. The van der Waals surface area contributed by atoms with Crippen LogP contribution >= 0.6 is 15.9 Å². The maximum absolute atomic E-state index is 12.0. The number of nitrogens with one attached hydrogen (secondary N) is 1. The Balaban J connectivity index is 2.31. The number of anilines is 1. The fraction of sp³-hybridized carbons (Fsp3) is 0. The van der Waals surface area contributed by atoms with Crippen LogP contribution in [-0.4, -0.2) is 10.8 Å². The van der Waals surface area contributed by atoms with Crippen LogP contribution < -0.4 is 5.32 Å². The molecule has 0 aliphatic rings. The third kappa shape index (κ3) is 3.17. The Morgan fingerprint density at radius 1 is 1.16 bits per heavy atom. The maximum Gasteiger partial charge on any atom is 0.292 e. The Morgan fingerprint density at radius 3 is 2.47 bits per heavy atom. The summed E-state index contributed by atoms with van der Waals surface area (Å²) in [7, 11) is 0. The van der Waals surface area contributed by atoms with E-state index in [1.54, 1.807) is 36.4 Å². The number of carbonyl (C=O) groups is 1. The zero-order valence-electron chi connectivity index (χ0n) is 9.67. The first-order valence-electron chi connectivity index (χ1n) is 5.38. The summed E-state index contributed by atoms with van der Waals surface area (Å²) >= 11 is 3.22. The van der Waals surface area contributed by atoms with Crippen molar-refractivity contribution in [2.75, 3.05) is 5.32 Å². The quantitative estimate of drug-likeness (QED) is 0.693. The first-order valence-corrected chi connectivity index (χ1v) is 6.17. The minimum absolute atomic E-state index is 0.146. The molecule has 0 heterocycles. The van der Waals surface area contributed by atoms with Gasteiger partial charge in [0.1, 0.15) is 5.69 Å². The normalized spacial score (nSPS) is 9.95. The summed E-state index contributed by atoms with van der Waals surface area (Å²) in [6, 6.07) is 12.9. The average Bonchev–Trinajstić information content (AvgIpc) is 2.39. The molecular weight excluding hydrogens is 312 g/mol. The smallest absolute Gasteiger partial charge is 0.292 e. The molecule has 0 fully saturated rings. The molecule has 0 spiro atoms. The maximum atomic E-state index is 12.0. The van der Waals surface area contributed by atoms with Crippen molar-refractivity contribution < 1.29 is 9.72 Å². The van der Waals surface area contributed by atoms with Crippen molar-refractivity contribution >= 4 is 33.2 Å². The molecule has 0 aromatic heterocycles. The molecule has 1 amide bonds. The molecule has 2 aromatic rings. The van der Waals surface area contributed by atoms with Crippen molar-refractivity contribution in [2.24, 2.45) is 0 Å². The van der Waals surface area contributed by atoms with Crippen LogP contribution in [0.25, 0.3) is 0 Å². The summed E-state index contributed by atoms with van der Waals surface area (Å²) in [5, 5.41) is 13.4. The van der Waals surface area contributed by atoms with Gasteiger partial charge in [-0.2, -0.15) is 0 Å². The Hall–Kier alpha value is -2.21. The summed E-state index contributed by atoms with van der Waals surface area (Å²) in [6.45, 7) is 0. The second kappa shape index (κ2) is 5.62. The Labute approximate surface area is 117 Å². The lowest BCUT2D eigenvalue weighted by Crippen LogP contribution is -2.12. The van der Waals surface area contributed by atoms with Gasteiger partial charge >= 0.3 is 0 Å². The minimum Gasteiger partial charge on any atom is -0.316 e. The van der Waals surface area contributed by atoms with Crippen LogP contribution in [0.5, 0.6) is 0 Å². The molecule has 0 unspecified atom stereocenters. The van der Waals surface area contributed by atoms with E-state index in [-0.39, 0.29) is 17.3 Å². The van der Waals surface area contributed by atoms with Gasteiger partial charge in [-0.05, 0) is 24.3 Å². The first-order chi connectivity index (χ1) is 9.08. The minimum atomic E-state index is -0.535. The molecular formula is C13H9BrN2O3. The number of amides is 1. The van der Waals surface area contributed by atoms with Crippen LogP contribution in [0.1, 0.15) is 10.4 Å². The molecule has 0 saturated heterocycles. The number of hydrogen-bond donors (Lipinski definition) is 1. The highest BCUT2D eigenvalue weighted by molar-refractivity contribution is 9.10. The van der Waals surface area contributed by atoms with Gasteiger partial charge in [0.15, 0.2) is 0 Å². The van der Waals surface area contributed by atoms with E-state index in [2.05, 4.69) is 21.2 Å². The standard InChI is InChI=1S/C13H9BrN2O3/c14-10-6-7-12(16(18)19)11(8-10)15-13(17)9-4-2-1-3-5-9/h1-8H,(H,15,17). The van der Waals surface area contributed by atoms with Crippen molar-refractivity contribution in [1.82, 2.24) is 0 Å². The lowest BCUT2D eigenvalue weighted by atomic mass is 10.2. The highest BCUT2D eigenvalue weighted by atomic mass is 79.9. The molecule has 2 aromatic carbocycles. The molecule has 0 aliphatic carbocycles. The average molecular weight is 321 g/mol. The van der Waals surface area contributed by atoms with Crippen molar-refractivity contribution in [1.29, 1.82) is 0 Å². The summed E-state index contributed by atoms with van der Waals surface area (Å²) in [6.07, 6.45) is 0. The van der Waals surface area contributed by atoms with Crippen molar-refractivity contribution in [2.45, 2.75) is 0 Å². The molecule has 0 aliphatic heterocycles. The number of nitro groups is 1. The fourth-order valence-corrected chi connectivity index (χ4v) is 1.91. The second-order valence-electron chi connectivity index (χ2n) is 3.74. The topological polar surface area (TPSA) is 72.2 Å². The predicted molar refractivity (Wildman–Crippen MR) is 75.2 cm³/mol. The number of nitro benzene ring substituents is 1. The summed E-state index contributed by atoms with van der Waals surface area (Å²) in [5.74, 6) is -0.387. The van der Waals surface area contributed by atoms with E-state index in [0.29, 0.717) is 10.0 Å². The van der Waals surface area contributed by atoms with Crippen LogP contribution in [0.3, 0.4) is 0 Å². The van der Waals surface area contributed by atoms with Crippen molar-refractivity contribution in [3.05, 3.63) is 68.7 Å².